The summed E-state index contributed by atoms with van der Waals surface area (Å²) in [5, 5.41) is 0. The van der Waals surface area contributed by atoms with E-state index in [-0.39, 0.29) is 11.3 Å². The van der Waals surface area contributed by atoms with Gasteiger partial charge in [0.25, 0.3) is 0 Å². The number of pyridine rings is 1. The van der Waals surface area contributed by atoms with Crippen LogP contribution in [0.1, 0.15) is 29.1 Å². The molecule has 0 amide bonds. The number of hydrogen-bond donors (Lipinski definition) is 0. The fraction of sp³-hybridized carbons (Fsp3) is 0.312. The number of rotatable bonds is 2. The second kappa shape index (κ2) is 5.13. The molecule has 21 heavy (non-hydrogen) atoms. The highest BCUT2D eigenvalue weighted by molar-refractivity contribution is 5.61. The molecule has 1 aromatic heterocycles. The lowest BCUT2D eigenvalue weighted by Crippen LogP contribution is -2.37. The Morgan fingerprint density at radius 2 is 1.71 bits per heavy atom. The number of hydrogen-bond acceptors (Lipinski definition) is 1. The number of aryl methyl sites for hydroxylation is 1. The van der Waals surface area contributed by atoms with Crippen molar-refractivity contribution in [2.45, 2.75) is 32.3 Å². The Bertz CT molecular complexity index is 734. The van der Waals surface area contributed by atoms with Gasteiger partial charge in [-0.3, -0.25) is 4.98 Å². The molecule has 2 rings (SSSR count). The van der Waals surface area contributed by atoms with Crippen molar-refractivity contribution in [3.05, 3.63) is 53.5 Å². The Labute approximate surface area is 124 Å². The average Bonchev–Trinajstić information content (AvgIpc) is 2.45. The van der Waals surface area contributed by atoms with Gasteiger partial charge in [-0.2, -0.15) is 13.2 Å². The van der Waals surface area contributed by atoms with E-state index in [1.807, 2.05) is 0 Å². The van der Waals surface area contributed by atoms with Gasteiger partial charge < -0.3 is 0 Å². The summed E-state index contributed by atoms with van der Waals surface area (Å²) in [6.45, 7) is -0.885. The quantitative estimate of drug-likeness (QED) is 0.708. The molecule has 1 heterocycles. The third-order valence-corrected chi connectivity index (χ3v) is 3.43. The maximum atomic E-state index is 13.4. The summed E-state index contributed by atoms with van der Waals surface area (Å²) in [4.78, 5) is 3.95. The molecule has 2 aromatic rings. The zero-order valence-electron chi connectivity index (χ0n) is 14.4. The van der Waals surface area contributed by atoms with Crippen LogP contribution in [0.4, 0.5) is 17.6 Å². The molecule has 0 radical (unpaired) electrons. The van der Waals surface area contributed by atoms with E-state index >= 15 is 0 Å². The van der Waals surface area contributed by atoms with Crippen LogP contribution >= 0.6 is 0 Å². The predicted octanol–water partition coefficient (Wildman–Crippen LogP) is 5.04. The minimum absolute atomic E-state index is 0.148. The molecule has 0 saturated heterocycles. The molecule has 1 nitrogen and oxygen atoms in total. The zero-order valence-corrected chi connectivity index (χ0v) is 11.4. The lowest BCUT2D eigenvalue weighted by Gasteiger charge is -2.30. The van der Waals surface area contributed by atoms with Crippen LogP contribution in [-0.4, -0.2) is 11.2 Å². The van der Waals surface area contributed by atoms with Gasteiger partial charge in [-0.1, -0.05) is 0 Å². The average molecular weight is 300 g/mol. The summed E-state index contributed by atoms with van der Waals surface area (Å²) in [6.07, 6.45) is -3.71. The van der Waals surface area contributed by atoms with Crippen LogP contribution in [0.2, 0.25) is 0 Å². The van der Waals surface area contributed by atoms with E-state index in [2.05, 4.69) is 4.98 Å². The number of benzene rings is 1. The van der Waals surface area contributed by atoms with Crippen molar-refractivity contribution in [3.8, 4) is 11.3 Å². The summed E-state index contributed by atoms with van der Waals surface area (Å²) in [6, 6.07) is 6.17. The highest BCUT2D eigenvalue weighted by Gasteiger charge is 2.49. The second-order valence-electron chi connectivity index (χ2n) is 5.24. The summed E-state index contributed by atoms with van der Waals surface area (Å²) in [5.74, 6) is -0.492. The number of nitrogens with zero attached hydrogens (tertiary/aromatic N) is 1. The minimum atomic E-state index is -4.64. The van der Waals surface area contributed by atoms with Crippen molar-refractivity contribution in [3.63, 3.8) is 0 Å². The second-order valence-corrected chi connectivity index (χ2v) is 5.24. The van der Waals surface area contributed by atoms with Crippen molar-refractivity contribution in [2.75, 3.05) is 0 Å². The fourth-order valence-corrected chi connectivity index (χ4v) is 1.90. The van der Waals surface area contributed by atoms with Crippen LogP contribution < -0.4 is 0 Å². The van der Waals surface area contributed by atoms with E-state index < -0.39 is 29.8 Å². The van der Waals surface area contributed by atoms with Crippen LogP contribution in [0.5, 0.6) is 0 Å². The van der Waals surface area contributed by atoms with Gasteiger partial charge in [0, 0.05) is 15.9 Å². The summed E-state index contributed by atoms with van der Waals surface area (Å²) in [5.41, 5.74) is -2.66. The first kappa shape index (κ1) is 11.7. The van der Waals surface area contributed by atoms with Crippen molar-refractivity contribution in [1.82, 2.24) is 4.98 Å². The van der Waals surface area contributed by atoms with E-state index in [0.717, 1.165) is 38.2 Å². The van der Waals surface area contributed by atoms with Gasteiger partial charge in [0.2, 0.25) is 0 Å². The van der Waals surface area contributed by atoms with Gasteiger partial charge in [0.1, 0.15) is 5.82 Å². The first-order valence-corrected chi connectivity index (χ1v) is 6.18. The Balaban J connectivity index is 2.69. The molecule has 112 valence electrons. The molecule has 0 unspecified atom stereocenters. The van der Waals surface area contributed by atoms with Crippen LogP contribution in [0, 0.1) is 12.7 Å². The predicted molar refractivity (Wildman–Crippen MR) is 73.4 cm³/mol. The van der Waals surface area contributed by atoms with Crippen molar-refractivity contribution in [1.29, 1.82) is 0 Å². The Morgan fingerprint density at radius 3 is 2.24 bits per heavy atom. The topological polar surface area (TPSA) is 12.9 Å². The molecule has 0 fully saturated rings. The van der Waals surface area contributed by atoms with Gasteiger partial charge in [-0.05, 0) is 62.2 Å². The summed E-state index contributed by atoms with van der Waals surface area (Å²) >= 11 is 0. The summed E-state index contributed by atoms with van der Waals surface area (Å²) in [7, 11) is 0. The summed E-state index contributed by atoms with van der Waals surface area (Å²) < 4.78 is 75.7. The molecule has 0 aliphatic heterocycles. The smallest absolute Gasteiger partial charge is 0.256 e. The van der Waals surface area contributed by atoms with Gasteiger partial charge in [-0.25, -0.2) is 4.39 Å². The maximum Gasteiger partial charge on any atom is 0.397 e. The monoisotopic (exact) mass is 300 g/mol. The van der Waals surface area contributed by atoms with Crippen molar-refractivity contribution < 1.29 is 21.7 Å². The lowest BCUT2D eigenvalue weighted by atomic mass is 9.81. The molecule has 1 aromatic carbocycles. The molecule has 0 saturated carbocycles. The zero-order chi connectivity index (χ0) is 18.3. The van der Waals surface area contributed by atoms with Gasteiger partial charge in [-0.15, -0.1) is 0 Å². The number of alkyl halides is 3. The lowest BCUT2D eigenvalue weighted by molar-refractivity contribution is -0.180. The van der Waals surface area contributed by atoms with Crippen molar-refractivity contribution >= 4 is 0 Å². The highest BCUT2D eigenvalue weighted by Crippen LogP contribution is 2.42. The molecular weight excluding hydrogens is 282 g/mol. The third-order valence-electron chi connectivity index (χ3n) is 3.43. The van der Waals surface area contributed by atoms with E-state index in [1.54, 1.807) is 0 Å². The molecule has 0 aliphatic carbocycles. The van der Waals surface area contributed by atoms with Gasteiger partial charge in [0.15, 0.2) is 0 Å². The Morgan fingerprint density at radius 1 is 1.10 bits per heavy atom. The largest absolute Gasteiger partial charge is 0.397 e. The fourth-order valence-electron chi connectivity index (χ4n) is 1.90. The van der Waals surface area contributed by atoms with Crippen LogP contribution in [0.3, 0.4) is 0 Å². The SMILES string of the molecule is [2H]C([2H])([2H])c1cnc(-c2ccc(F)cc2)cc1C(C)(C)C(F)(F)F. The van der Waals surface area contributed by atoms with Gasteiger partial charge >= 0.3 is 6.18 Å². The maximum absolute atomic E-state index is 13.4. The molecule has 0 bridgehead atoms. The van der Waals surface area contributed by atoms with Crippen molar-refractivity contribution in [2.24, 2.45) is 0 Å². The standard InChI is InChI=1S/C16H15F4N/c1-10-9-21-14(11-4-6-12(17)7-5-11)8-13(10)15(2,3)16(18,19)20/h4-9H,1-3H3/i1D3. The van der Waals surface area contributed by atoms with Crippen LogP contribution in [0.15, 0.2) is 36.5 Å². The van der Waals surface area contributed by atoms with Gasteiger partial charge in [0.05, 0.1) is 11.1 Å². The molecule has 0 atom stereocenters. The Hall–Kier alpha value is -1.91. The normalized spacial score (nSPS) is 15.2. The molecule has 0 N–H and O–H groups in total. The van der Waals surface area contributed by atoms with E-state index in [0.29, 0.717) is 5.56 Å². The molecular formula is C16H15F4N. The minimum Gasteiger partial charge on any atom is -0.256 e. The third kappa shape index (κ3) is 2.91. The van der Waals surface area contributed by atoms with E-state index in [1.165, 1.54) is 12.1 Å². The first-order valence-electron chi connectivity index (χ1n) is 7.68. The molecule has 5 heteroatoms. The first-order chi connectivity index (χ1) is 10.8. The molecule has 0 aliphatic rings. The van der Waals surface area contributed by atoms with E-state index in [9.17, 15) is 17.6 Å². The van der Waals surface area contributed by atoms with Crippen LogP contribution in [0.25, 0.3) is 11.3 Å². The number of halogens is 4. The molecule has 0 spiro atoms. The Kier molecular flexibility index (Phi) is 2.86. The highest BCUT2D eigenvalue weighted by atomic mass is 19.4. The van der Waals surface area contributed by atoms with Crippen LogP contribution in [-0.2, 0) is 5.41 Å². The number of aromatic nitrogens is 1. The van der Waals surface area contributed by atoms with E-state index in [4.69, 9.17) is 4.11 Å².